The quantitative estimate of drug-likeness (QED) is 0.834. The first kappa shape index (κ1) is 10.4. The van der Waals surface area contributed by atoms with Crippen molar-refractivity contribution < 1.29 is 0 Å². The number of hydrogen-bond acceptors (Lipinski definition) is 5. The normalized spacial score (nSPS) is 10.5. The van der Waals surface area contributed by atoms with Crippen LogP contribution in [0.2, 0.25) is 0 Å². The third kappa shape index (κ3) is 2.70. The molecule has 0 aromatic carbocycles. The first-order valence-electron chi connectivity index (χ1n) is 4.49. The molecule has 0 aliphatic rings. The first-order chi connectivity index (χ1) is 7.25. The maximum Gasteiger partial charge on any atom is 0.0897 e. The van der Waals surface area contributed by atoms with E-state index >= 15 is 0 Å². The summed E-state index contributed by atoms with van der Waals surface area (Å²) in [5.74, 6) is 0.860. The third-order valence-corrected chi connectivity index (χ3v) is 3.80. The Hall–Kier alpha value is -1.07. The van der Waals surface area contributed by atoms with Crippen LogP contribution in [0.15, 0.2) is 28.7 Å². The Morgan fingerprint density at radius 3 is 3.07 bits per heavy atom. The fourth-order valence-corrected chi connectivity index (χ4v) is 2.70. The number of thioether (sulfide) groups is 1. The molecular formula is C10H11N3S2. The number of pyridine rings is 1. The molecule has 2 heterocycles. The number of rotatable bonds is 3. The lowest BCUT2D eigenvalue weighted by molar-refractivity contribution is 1.17. The lowest BCUT2D eigenvalue weighted by Gasteiger charge is -2.02. The highest BCUT2D eigenvalue weighted by molar-refractivity contribution is 7.98. The van der Waals surface area contributed by atoms with Crippen molar-refractivity contribution >= 4 is 28.8 Å². The molecule has 0 fully saturated rings. The number of hydrogen-bond donors (Lipinski definition) is 1. The number of aryl methyl sites for hydroxylation is 1. The molecule has 2 aromatic heterocycles. The summed E-state index contributed by atoms with van der Waals surface area (Å²) in [6.07, 6.45) is 3.43. The van der Waals surface area contributed by atoms with Gasteiger partial charge in [-0.2, -0.15) is 0 Å². The van der Waals surface area contributed by atoms with Crippen LogP contribution >= 0.6 is 23.1 Å². The SMILES string of the molecule is Cc1nc(CSc2ccncc2N)cs1. The Labute approximate surface area is 96.8 Å². The van der Waals surface area contributed by atoms with Crippen LogP contribution in [0.4, 0.5) is 5.69 Å². The lowest BCUT2D eigenvalue weighted by Crippen LogP contribution is -1.90. The van der Waals surface area contributed by atoms with E-state index in [9.17, 15) is 0 Å². The fraction of sp³-hybridized carbons (Fsp3) is 0.200. The molecule has 0 aliphatic carbocycles. The predicted octanol–water partition coefficient (Wildman–Crippen LogP) is 2.72. The van der Waals surface area contributed by atoms with Gasteiger partial charge in [-0.05, 0) is 13.0 Å². The molecule has 5 heteroatoms. The first-order valence-corrected chi connectivity index (χ1v) is 6.35. The molecule has 0 aliphatic heterocycles. The van der Waals surface area contributed by atoms with Crippen LogP contribution in [-0.4, -0.2) is 9.97 Å². The molecule has 2 aromatic rings. The van der Waals surface area contributed by atoms with Crippen molar-refractivity contribution in [2.24, 2.45) is 0 Å². The Kier molecular flexibility index (Phi) is 3.23. The van der Waals surface area contributed by atoms with Crippen molar-refractivity contribution in [2.75, 3.05) is 5.73 Å². The molecule has 3 nitrogen and oxygen atoms in total. The summed E-state index contributed by atoms with van der Waals surface area (Å²) in [5, 5.41) is 3.19. The van der Waals surface area contributed by atoms with Gasteiger partial charge in [-0.15, -0.1) is 23.1 Å². The zero-order chi connectivity index (χ0) is 10.7. The average Bonchev–Trinajstić information content (AvgIpc) is 2.63. The van der Waals surface area contributed by atoms with Crippen molar-refractivity contribution in [3.63, 3.8) is 0 Å². The second-order valence-corrected chi connectivity index (χ2v) is 5.14. The van der Waals surface area contributed by atoms with E-state index < -0.39 is 0 Å². The molecule has 15 heavy (non-hydrogen) atoms. The average molecular weight is 237 g/mol. The van der Waals surface area contributed by atoms with E-state index in [0.29, 0.717) is 0 Å². The van der Waals surface area contributed by atoms with Gasteiger partial charge in [-0.3, -0.25) is 4.98 Å². The van der Waals surface area contributed by atoms with E-state index in [1.54, 1.807) is 35.5 Å². The summed E-state index contributed by atoms with van der Waals surface area (Å²) in [5.41, 5.74) is 7.63. The molecule has 0 saturated carbocycles. The highest BCUT2D eigenvalue weighted by Crippen LogP contribution is 2.27. The van der Waals surface area contributed by atoms with Gasteiger partial charge in [0.15, 0.2) is 0 Å². The van der Waals surface area contributed by atoms with Crippen LogP contribution in [0.1, 0.15) is 10.7 Å². The van der Waals surface area contributed by atoms with Gasteiger partial charge in [0.25, 0.3) is 0 Å². The van der Waals surface area contributed by atoms with Crippen LogP contribution in [0.25, 0.3) is 0 Å². The largest absolute Gasteiger partial charge is 0.397 e. The topological polar surface area (TPSA) is 51.8 Å². The van der Waals surface area contributed by atoms with E-state index in [4.69, 9.17) is 5.73 Å². The highest BCUT2D eigenvalue weighted by Gasteiger charge is 2.02. The third-order valence-electron chi connectivity index (χ3n) is 1.85. The van der Waals surface area contributed by atoms with Gasteiger partial charge in [0.05, 0.1) is 22.6 Å². The summed E-state index contributed by atoms with van der Waals surface area (Å²) in [6.45, 7) is 2.01. The number of nitrogens with two attached hydrogens (primary N) is 1. The molecule has 0 bridgehead atoms. The molecule has 2 rings (SSSR count). The van der Waals surface area contributed by atoms with Crippen LogP contribution in [-0.2, 0) is 5.75 Å². The molecule has 0 spiro atoms. The standard InChI is InChI=1S/C10H11N3S2/c1-7-13-8(5-14-7)6-15-10-2-3-12-4-9(10)11/h2-5H,6,11H2,1H3. The van der Waals surface area contributed by atoms with Gasteiger partial charge in [-0.25, -0.2) is 4.98 Å². The molecule has 78 valence electrons. The molecule has 2 N–H and O–H groups in total. The summed E-state index contributed by atoms with van der Waals surface area (Å²) in [4.78, 5) is 9.41. The Morgan fingerprint density at radius 1 is 1.53 bits per heavy atom. The minimum Gasteiger partial charge on any atom is -0.397 e. The number of nitrogens with zero attached hydrogens (tertiary/aromatic N) is 2. The zero-order valence-corrected chi connectivity index (χ0v) is 9.94. The van der Waals surface area contributed by atoms with E-state index in [2.05, 4.69) is 15.3 Å². The van der Waals surface area contributed by atoms with E-state index in [0.717, 1.165) is 27.0 Å². The lowest BCUT2D eigenvalue weighted by atomic mass is 10.4. The van der Waals surface area contributed by atoms with Crippen molar-refractivity contribution in [3.8, 4) is 0 Å². The van der Waals surface area contributed by atoms with E-state index in [1.807, 2.05) is 13.0 Å². The van der Waals surface area contributed by atoms with Crippen molar-refractivity contribution in [1.29, 1.82) is 0 Å². The Balaban J connectivity index is 2.02. The Morgan fingerprint density at radius 2 is 2.40 bits per heavy atom. The summed E-state index contributed by atoms with van der Waals surface area (Å²) in [6, 6.07) is 1.93. The smallest absolute Gasteiger partial charge is 0.0897 e. The molecule has 0 atom stereocenters. The molecule has 0 amide bonds. The van der Waals surface area contributed by atoms with Crippen molar-refractivity contribution in [2.45, 2.75) is 17.6 Å². The van der Waals surface area contributed by atoms with Gasteiger partial charge >= 0.3 is 0 Å². The predicted molar refractivity (Wildman–Crippen MR) is 65.1 cm³/mol. The monoisotopic (exact) mass is 237 g/mol. The minimum atomic E-state index is 0.731. The van der Waals surface area contributed by atoms with Crippen molar-refractivity contribution in [1.82, 2.24) is 9.97 Å². The van der Waals surface area contributed by atoms with Gasteiger partial charge in [0.2, 0.25) is 0 Å². The van der Waals surface area contributed by atoms with Gasteiger partial charge in [0, 0.05) is 22.2 Å². The fourth-order valence-electron chi connectivity index (χ4n) is 1.15. The van der Waals surface area contributed by atoms with Crippen molar-refractivity contribution in [3.05, 3.63) is 34.5 Å². The van der Waals surface area contributed by atoms with Gasteiger partial charge < -0.3 is 5.73 Å². The zero-order valence-electron chi connectivity index (χ0n) is 8.30. The maximum absolute atomic E-state index is 5.79. The number of thiazole rings is 1. The van der Waals surface area contributed by atoms with E-state index in [-0.39, 0.29) is 0 Å². The summed E-state index contributed by atoms with van der Waals surface area (Å²) < 4.78 is 0. The molecule has 0 saturated heterocycles. The second-order valence-electron chi connectivity index (χ2n) is 3.06. The summed E-state index contributed by atoms with van der Waals surface area (Å²) in [7, 11) is 0. The molecule has 0 radical (unpaired) electrons. The van der Waals surface area contributed by atoms with E-state index in [1.165, 1.54) is 0 Å². The number of nitrogen functional groups attached to an aromatic ring is 1. The maximum atomic E-state index is 5.79. The number of aromatic nitrogens is 2. The van der Waals surface area contributed by atoms with Crippen LogP contribution in [0, 0.1) is 6.92 Å². The second kappa shape index (κ2) is 4.63. The minimum absolute atomic E-state index is 0.731. The highest BCUT2D eigenvalue weighted by atomic mass is 32.2. The van der Waals surface area contributed by atoms with Crippen LogP contribution in [0.3, 0.4) is 0 Å². The van der Waals surface area contributed by atoms with Gasteiger partial charge in [0.1, 0.15) is 0 Å². The van der Waals surface area contributed by atoms with Gasteiger partial charge in [-0.1, -0.05) is 0 Å². The molecule has 0 unspecified atom stereocenters. The number of anilines is 1. The Bertz CT molecular complexity index is 453. The summed E-state index contributed by atoms with van der Waals surface area (Å²) >= 11 is 3.37. The van der Waals surface area contributed by atoms with Crippen LogP contribution in [0.5, 0.6) is 0 Å². The van der Waals surface area contributed by atoms with Crippen LogP contribution < -0.4 is 5.73 Å². The molecular weight excluding hydrogens is 226 g/mol.